The minimum Gasteiger partial charge on any atom is -0.459 e. The summed E-state index contributed by atoms with van der Waals surface area (Å²) in [6.07, 6.45) is 4.25. The lowest BCUT2D eigenvalue weighted by molar-refractivity contribution is -0.131. The van der Waals surface area contributed by atoms with Crippen LogP contribution in [0.15, 0.2) is 89.6 Å². The minimum absolute atomic E-state index is 0.0267. The fourth-order valence-electron chi connectivity index (χ4n) is 4.44. The van der Waals surface area contributed by atoms with Crippen LogP contribution in [0.5, 0.6) is 0 Å². The molecule has 6 N–H and O–H groups in total. The number of carbonyl (C=O) groups excluding carboxylic acids is 4. The fraction of sp³-hybridized carbons (Fsp3) is 0.312. The number of rotatable bonds is 16. The molecular weight excluding hydrogens is 583 g/mol. The minimum atomic E-state index is -4.39. The molecule has 0 aliphatic rings. The van der Waals surface area contributed by atoms with Crippen molar-refractivity contribution in [1.29, 1.82) is 0 Å². The zero-order chi connectivity index (χ0) is 32.1. The summed E-state index contributed by atoms with van der Waals surface area (Å²) in [5.74, 6) is -4.38. The first-order valence-electron chi connectivity index (χ1n) is 14.2. The lowest BCUT2D eigenvalue weighted by atomic mass is 10.0. The molecular formula is C32H39N4O7P. The number of amides is 4. The highest BCUT2D eigenvalue weighted by atomic mass is 31.2. The van der Waals surface area contributed by atoms with Gasteiger partial charge < -0.3 is 31.0 Å². The van der Waals surface area contributed by atoms with Crippen LogP contribution in [0.4, 0.5) is 0 Å². The first-order valence-corrected chi connectivity index (χ1v) is 16.2. The van der Waals surface area contributed by atoms with E-state index in [4.69, 9.17) is 10.2 Å². The van der Waals surface area contributed by atoms with Crippen molar-refractivity contribution in [3.05, 3.63) is 102 Å². The Balaban J connectivity index is 1.71. The van der Waals surface area contributed by atoms with E-state index in [0.29, 0.717) is 5.56 Å². The molecule has 0 aliphatic carbocycles. The number of benzene rings is 2. The fourth-order valence-corrected chi connectivity index (χ4v) is 5.98. The molecule has 2 aromatic carbocycles. The molecule has 0 saturated heterocycles. The van der Waals surface area contributed by atoms with Crippen molar-refractivity contribution >= 4 is 37.1 Å². The van der Waals surface area contributed by atoms with Gasteiger partial charge in [-0.1, -0.05) is 86.7 Å². The van der Waals surface area contributed by atoms with Gasteiger partial charge in [-0.2, -0.15) is 0 Å². The van der Waals surface area contributed by atoms with E-state index in [9.17, 15) is 28.6 Å². The molecule has 4 atom stereocenters. The lowest BCUT2D eigenvalue weighted by Gasteiger charge is -2.26. The summed E-state index contributed by atoms with van der Waals surface area (Å²) >= 11 is 0. The largest absolute Gasteiger partial charge is 0.459 e. The van der Waals surface area contributed by atoms with Crippen LogP contribution in [-0.2, 0) is 25.4 Å². The van der Waals surface area contributed by atoms with Crippen molar-refractivity contribution < 1.29 is 33.1 Å². The average molecular weight is 623 g/mol. The molecule has 0 bridgehead atoms. The van der Waals surface area contributed by atoms with Crippen LogP contribution < -0.4 is 21.7 Å². The van der Waals surface area contributed by atoms with Gasteiger partial charge in [-0.3, -0.25) is 23.7 Å². The number of nitrogens with one attached hydrogen (secondary N) is 3. The molecule has 11 nitrogen and oxygen atoms in total. The molecule has 0 aliphatic heterocycles. The number of primary amides is 1. The highest BCUT2D eigenvalue weighted by molar-refractivity contribution is 7.59. The van der Waals surface area contributed by atoms with Crippen LogP contribution >= 0.6 is 7.37 Å². The van der Waals surface area contributed by atoms with E-state index in [-0.39, 0.29) is 30.9 Å². The topological polar surface area (TPSA) is 181 Å². The van der Waals surface area contributed by atoms with Crippen molar-refractivity contribution in [2.24, 2.45) is 11.7 Å². The third-order valence-electron chi connectivity index (χ3n) is 6.67. The third kappa shape index (κ3) is 11.0. The first kappa shape index (κ1) is 34.0. The van der Waals surface area contributed by atoms with Gasteiger partial charge in [-0.15, -0.1) is 0 Å². The quantitative estimate of drug-likeness (QED) is 0.152. The first-order chi connectivity index (χ1) is 20.9. The zero-order valence-electron chi connectivity index (χ0n) is 24.7. The van der Waals surface area contributed by atoms with Gasteiger partial charge in [0.2, 0.25) is 25.1 Å². The second-order valence-corrected chi connectivity index (χ2v) is 13.3. The van der Waals surface area contributed by atoms with Crippen molar-refractivity contribution in [1.82, 2.24) is 16.0 Å². The van der Waals surface area contributed by atoms with Gasteiger partial charge in [0.05, 0.1) is 6.26 Å². The van der Waals surface area contributed by atoms with Gasteiger partial charge in [-0.25, -0.2) is 0 Å². The smallest absolute Gasteiger partial charge is 0.287 e. The molecule has 3 rings (SSSR count). The van der Waals surface area contributed by atoms with Gasteiger partial charge in [0.25, 0.3) is 5.91 Å². The van der Waals surface area contributed by atoms with Crippen molar-refractivity contribution in [2.45, 2.75) is 51.0 Å². The van der Waals surface area contributed by atoms with Gasteiger partial charge in [0.1, 0.15) is 24.0 Å². The molecule has 0 spiro atoms. The number of hydrogen-bond donors (Lipinski definition) is 5. The van der Waals surface area contributed by atoms with E-state index < -0.39 is 55.0 Å². The van der Waals surface area contributed by atoms with Crippen molar-refractivity contribution in [3.8, 4) is 0 Å². The Morgan fingerprint density at radius 2 is 1.57 bits per heavy atom. The highest BCUT2D eigenvalue weighted by Crippen LogP contribution is 2.46. The maximum absolute atomic E-state index is 13.6. The van der Waals surface area contributed by atoms with E-state index >= 15 is 0 Å². The van der Waals surface area contributed by atoms with Crippen LogP contribution in [0.3, 0.4) is 0 Å². The number of nitrogens with two attached hydrogens (primary N) is 1. The summed E-state index contributed by atoms with van der Waals surface area (Å²) in [5, 5.41) is 7.67. The summed E-state index contributed by atoms with van der Waals surface area (Å²) in [7, 11) is -4.39. The molecule has 0 fully saturated rings. The number of furan rings is 1. The molecule has 12 heteroatoms. The molecule has 4 amide bonds. The molecule has 3 aromatic rings. The SMILES string of the molecule is CC(C)C[C@H](NC(=O)CP(=O)(O)C(Cc1ccccc1)NC(=O)c1ccco1)C(=O)N[C@@H](C/C=C/c1ccccc1)C(N)=O. The molecule has 0 saturated carbocycles. The predicted molar refractivity (Wildman–Crippen MR) is 167 cm³/mol. The molecule has 44 heavy (non-hydrogen) atoms. The monoisotopic (exact) mass is 622 g/mol. The van der Waals surface area contributed by atoms with E-state index in [2.05, 4.69) is 16.0 Å². The second-order valence-electron chi connectivity index (χ2n) is 10.8. The Morgan fingerprint density at radius 3 is 2.16 bits per heavy atom. The number of carbonyl (C=O) groups is 4. The van der Waals surface area contributed by atoms with Crippen LogP contribution in [-0.4, -0.2) is 52.6 Å². The maximum atomic E-state index is 13.6. The van der Waals surface area contributed by atoms with Crippen molar-refractivity contribution in [3.63, 3.8) is 0 Å². The van der Waals surface area contributed by atoms with E-state index in [1.165, 1.54) is 18.4 Å². The Bertz CT molecular complexity index is 1460. The molecule has 2 unspecified atom stereocenters. The molecule has 1 aromatic heterocycles. The number of hydrogen-bond acceptors (Lipinski definition) is 6. The van der Waals surface area contributed by atoms with Crippen molar-refractivity contribution in [2.75, 3.05) is 6.16 Å². The zero-order valence-corrected chi connectivity index (χ0v) is 25.6. The normalized spacial score (nSPS) is 14.7. The standard InChI is InChI=1S/C32H39N4O7P/c1-22(2)19-26(31(39)35-25(30(33)38)16-9-15-23-11-5-3-6-12-23)34-28(37)21-44(41,42)29(20-24-13-7-4-8-14-24)36-32(40)27-17-10-18-43-27/h3-15,17-18,22,25-26,29H,16,19-21H2,1-2H3,(H2,33,38)(H,34,37)(H,35,39)(H,36,40)(H,41,42)/b15-9+/t25-,26-,29?/m0/s1. The van der Waals surface area contributed by atoms with Gasteiger partial charge in [0, 0.05) is 6.42 Å². The Kier molecular flexibility index (Phi) is 12.7. The van der Waals surface area contributed by atoms with Crippen LogP contribution in [0.2, 0.25) is 0 Å². The summed E-state index contributed by atoms with van der Waals surface area (Å²) in [6, 6.07) is 18.9. The van der Waals surface area contributed by atoms with Gasteiger partial charge >= 0.3 is 0 Å². The Labute approximate surface area is 256 Å². The van der Waals surface area contributed by atoms with E-state index in [1.54, 1.807) is 42.5 Å². The van der Waals surface area contributed by atoms with Crippen LogP contribution in [0.1, 0.15) is 48.4 Å². The molecule has 234 valence electrons. The molecule has 1 heterocycles. The predicted octanol–water partition coefficient (Wildman–Crippen LogP) is 3.45. The molecule has 0 radical (unpaired) electrons. The van der Waals surface area contributed by atoms with Crippen LogP contribution in [0, 0.1) is 5.92 Å². The summed E-state index contributed by atoms with van der Waals surface area (Å²) in [6.45, 7) is 3.69. The van der Waals surface area contributed by atoms with E-state index in [0.717, 1.165) is 5.56 Å². The average Bonchev–Trinajstić information content (AvgIpc) is 3.52. The summed E-state index contributed by atoms with van der Waals surface area (Å²) < 4.78 is 18.7. The maximum Gasteiger partial charge on any atom is 0.287 e. The highest BCUT2D eigenvalue weighted by Gasteiger charge is 2.36. The van der Waals surface area contributed by atoms with Gasteiger partial charge in [-0.05, 0) is 42.0 Å². The third-order valence-corrected chi connectivity index (χ3v) is 8.70. The Morgan fingerprint density at radius 1 is 0.909 bits per heavy atom. The summed E-state index contributed by atoms with van der Waals surface area (Å²) in [4.78, 5) is 62.2. The Hall–Kier alpha value is -4.47. The summed E-state index contributed by atoms with van der Waals surface area (Å²) in [5.41, 5.74) is 7.11. The van der Waals surface area contributed by atoms with Gasteiger partial charge in [0.15, 0.2) is 5.76 Å². The van der Waals surface area contributed by atoms with E-state index in [1.807, 2.05) is 44.2 Å². The lowest BCUT2D eigenvalue weighted by Crippen LogP contribution is -2.53. The second kappa shape index (κ2) is 16.4. The van der Waals surface area contributed by atoms with Crippen LogP contribution in [0.25, 0.3) is 6.08 Å².